The average Bonchev–Trinajstić information content (AvgIpc) is 3.80. The van der Waals surface area contributed by atoms with E-state index in [4.69, 9.17) is 15.0 Å². The monoisotopic (exact) mass is 733 g/mol. The zero-order valence-corrected chi connectivity index (χ0v) is 30.6. The third-order valence-electron chi connectivity index (χ3n) is 10.8. The second-order valence-corrected chi connectivity index (χ2v) is 14.1. The van der Waals surface area contributed by atoms with Gasteiger partial charge in [0.1, 0.15) is 5.82 Å². The van der Waals surface area contributed by atoms with E-state index in [1.807, 2.05) is 91.0 Å². The predicted octanol–water partition coefficient (Wildman–Crippen LogP) is 12.9. The molecule has 0 fully saturated rings. The second-order valence-electron chi connectivity index (χ2n) is 14.1. The van der Waals surface area contributed by atoms with Gasteiger partial charge in [0.25, 0.3) is 0 Å². The molecule has 0 radical (unpaired) electrons. The Balaban J connectivity index is 1.20. The fraction of sp³-hybridized carbons (Fsp3) is 0. The fourth-order valence-electron chi connectivity index (χ4n) is 8.34. The molecule has 5 nitrogen and oxygen atoms in total. The number of aromatic nitrogens is 5. The van der Waals surface area contributed by atoms with Crippen molar-refractivity contribution in [2.24, 2.45) is 0 Å². The summed E-state index contributed by atoms with van der Waals surface area (Å²) >= 11 is 0. The molecule has 0 unspecified atom stereocenters. The summed E-state index contributed by atoms with van der Waals surface area (Å²) in [5, 5.41) is 4.62. The summed E-state index contributed by atoms with van der Waals surface area (Å²) in [5.74, 6) is 1.33. The maximum absolute atomic E-state index is 16.1. The Bertz CT molecular complexity index is 3240. The molecular formula is C51H32FN5. The van der Waals surface area contributed by atoms with E-state index >= 15 is 4.39 Å². The largest absolute Gasteiger partial charge is 0.309 e. The summed E-state index contributed by atoms with van der Waals surface area (Å²) in [6, 6.07) is 65.0. The molecule has 0 spiro atoms. The standard InChI is InChI=1S/C51H32FN5/c52-41-25-13-10-22-37(41)40-32-35(51-54-49(33-16-4-1-5-17-33)53-50(55-51)34-18-6-2-7-19-34)28-29-44(40)57-43-27-15-12-24-39(43)48-46(57)31-30-45-47(48)38-23-11-14-26-42(38)56(45)36-20-8-3-9-21-36/h1-32H. The van der Waals surface area contributed by atoms with Gasteiger partial charge in [-0.25, -0.2) is 19.3 Å². The molecule has 6 heteroatoms. The fourth-order valence-corrected chi connectivity index (χ4v) is 8.34. The lowest BCUT2D eigenvalue weighted by atomic mass is 9.99. The number of nitrogens with zero attached hydrogens (tertiary/aromatic N) is 5. The molecule has 0 aliphatic carbocycles. The van der Waals surface area contributed by atoms with Crippen LogP contribution in [0, 0.1) is 5.82 Å². The molecule has 0 amide bonds. The molecule has 11 aromatic rings. The van der Waals surface area contributed by atoms with E-state index in [-0.39, 0.29) is 5.82 Å². The Hall–Kier alpha value is -7.70. The highest BCUT2D eigenvalue weighted by molar-refractivity contribution is 6.29. The number of para-hydroxylation sites is 3. The Morgan fingerprint density at radius 2 is 0.825 bits per heavy atom. The first-order valence-corrected chi connectivity index (χ1v) is 19.0. The topological polar surface area (TPSA) is 48.5 Å². The zero-order valence-electron chi connectivity index (χ0n) is 30.6. The van der Waals surface area contributed by atoms with Crippen molar-refractivity contribution in [2.75, 3.05) is 0 Å². The molecule has 0 aliphatic rings. The molecule has 8 aromatic carbocycles. The van der Waals surface area contributed by atoms with Crippen LogP contribution in [0.15, 0.2) is 194 Å². The molecule has 11 rings (SSSR count). The molecular weight excluding hydrogens is 702 g/mol. The van der Waals surface area contributed by atoms with Crippen LogP contribution >= 0.6 is 0 Å². The van der Waals surface area contributed by atoms with Crippen LogP contribution in [0.1, 0.15) is 0 Å². The summed E-state index contributed by atoms with van der Waals surface area (Å²) in [5.41, 5.74) is 10.0. The van der Waals surface area contributed by atoms with E-state index in [1.54, 1.807) is 6.07 Å². The summed E-state index contributed by atoms with van der Waals surface area (Å²) in [6.07, 6.45) is 0. The lowest BCUT2D eigenvalue weighted by Crippen LogP contribution is -2.02. The van der Waals surface area contributed by atoms with Crippen LogP contribution in [0.2, 0.25) is 0 Å². The summed E-state index contributed by atoms with van der Waals surface area (Å²) in [7, 11) is 0. The van der Waals surface area contributed by atoms with E-state index in [0.717, 1.165) is 66.5 Å². The molecule has 0 saturated carbocycles. The minimum Gasteiger partial charge on any atom is -0.309 e. The van der Waals surface area contributed by atoms with E-state index in [1.165, 1.54) is 16.8 Å². The lowest BCUT2D eigenvalue weighted by Gasteiger charge is -2.17. The third-order valence-corrected chi connectivity index (χ3v) is 10.8. The molecule has 0 bridgehead atoms. The van der Waals surface area contributed by atoms with Crippen molar-refractivity contribution in [3.63, 3.8) is 0 Å². The Kier molecular flexibility index (Phi) is 7.60. The average molecular weight is 734 g/mol. The number of fused-ring (bicyclic) bond motifs is 7. The summed E-state index contributed by atoms with van der Waals surface area (Å²) in [4.78, 5) is 14.9. The van der Waals surface area contributed by atoms with Crippen LogP contribution in [0.5, 0.6) is 0 Å². The van der Waals surface area contributed by atoms with E-state index < -0.39 is 0 Å². The van der Waals surface area contributed by atoms with Crippen molar-refractivity contribution in [1.29, 1.82) is 0 Å². The van der Waals surface area contributed by atoms with Gasteiger partial charge in [0.05, 0.1) is 27.8 Å². The smallest absolute Gasteiger partial charge is 0.164 e. The Morgan fingerprint density at radius 3 is 1.42 bits per heavy atom. The van der Waals surface area contributed by atoms with Gasteiger partial charge in [0.15, 0.2) is 17.5 Å². The Morgan fingerprint density at radius 1 is 0.351 bits per heavy atom. The second kappa shape index (κ2) is 13.3. The summed E-state index contributed by atoms with van der Waals surface area (Å²) in [6.45, 7) is 0. The first-order chi connectivity index (χ1) is 28.2. The lowest BCUT2D eigenvalue weighted by molar-refractivity contribution is 0.631. The minimum absolute atomic E-state index is 0.310. The van der Waals surface area contributed by atoms with Crippen LogP contribution < -0.4 is 0 Å². The van der Waals surface area contributed by atoms with Gasteiger partial charge < -0.3 is 9.13 Å². The highest BCUT2D eigenvalue weighted by atomic mass is 19.1. The molecule has 3 aromatic heterocycles. The molecule has 0 atom stereocenters. The molecule has 268 valence electrons. The summed E-state index contributed by atoms with van der Waals surface area (Å²) < 4.78 is 20.7. The van der Waals surface area contributed by atoms with Gasteiger partial charge >= 0.3 is 0 Å². The molecule has 3 heterocycles. The van der Waals surface area contributed by atoms with Gasteiger partial charge in [-0.3, -0.25) is 0 Å². The molecule has 0 aliphatic heterocycles. The van der Waals surface area contributed by atoms with Gasteiger partial charge in [-0.1, -0.05) is 133 Å². The number of halogens is 1. The van der Waals surface area contributed by atoms with Crippen LogP contribution in [0.3, 0.4) is 0 Å². The van der Waals surface area contributed by atoms with Gasteiger partial charge in [-0.05, 0) is 60.7 Å². The minimum atomic E-state index is -0.310. The van der Waals surface area contributed by atoms with Crippen LogP contribution in [0.4, 0.5) is 4.39 Å². The number of rotatable bonds is 6. The third kappa shape index (κ3) is 5.34. The van der Waals surface area contributed by atoms with Crippen molar-refractivity contribution in [1.82, 2.24) is 24.1 Å². The van der Waals surface area contributed by atoms with Crippen molar-refractivity contribution >= 4 is 43.6 Å². The van der Waals surface area contributed by atoms with Crippen LogP contribution in [0.25, 0.3) is 100 Å². The van der Waals surface area contributed by atoms with E-state index in [0.29, 0.717) is 23.0 Å². The maximum atomic E-state index is 16.1. The van der Waals surface area contributed by atoms with Gasteiger partial charge in [-0.15, -0.1) is 0 Å². The molecule has 0 saturated heterocycles. The zero-order chi connectivity index (χ0) is 37.9. The first-order valence-electron chi connectivity index (χ1n) is 19.0. The quantitative estimate of drug-likeness (QED) is 0.171. The van der Waals surface area contributed by atoms with Crippen molar-refractivity contribution in [2.45, 2.75) is 0 Å². The van der Waals surface area contributed by atoms with E-state index in [2.05, 4.69) is 100 Å². The number of hydrogen-bond donors (Lipinski definition) is 0. The molecule has 57 heavy (non-hydrogen) atoms. The normalized spacial score (nSPS) is 11.6. The van der Waals surface area contributed by atoms with Crippen molar-refractivity contribution < 1.29 is 4.39 Å². The maximum Gasteiger partial charge on any atom is 0.164 e. The Labute approximate surface area is 327 Å². The van der Waals surface area contributed by atoms with Crippen LogP contribution in [-0.2, 0) is 0 Å². The number of hydrogen-bond acceptors (Lipinski definition) is 3. The van der Waals surface area contributed by atoms with E-state index in [9.17, 15) is 0 Å². The number of benzene rings is 8. The van der Waals surface area contributed by atoms with Gasteiger partial charge in [0.2, 0.25) is 0 Å². The highest BCUT2D eigenvalue weighted by Crippen LogP contribution is 2.44. The van der Waals surface area contributed by atoms with Gasteiger partial charge in [-0.2, -0.15) is 0 Å². The van der Waals surface area contributed by atoms with Crippen LogP contribution in [-0.4, -0.2) is 24.1 Å². The van der Waals surface area contributed by atoms with Crippen molar-refractivity contribution in [3.8, 4) is 56.7 Å². The van der Waals surface area contributed by atoms with Gasteiger partial charge in [0, 0.05) is 55.0 Å². The van der Waals surface area contributed by atoms with Crippen molar-refractivity contribution in [3.05, 3.63) is 200 Å². The SMILES string of the molecule is Fc1ccccc1-c1cc(-c2nc(-c3ccccc3)nc(-c3ccccc3)n2)ccc1-n1c2ccccc2c2c3c4ccccc4n(-c4ccccc4)c3ccc21. The highest BCUT2D eigenvalue weighted by Gasteiger charge is 2.23. The molecule has 0 N–H and O–H groups in total. The predicted molar refractivity (Wildman–Crippen MR) is 230 cm³/mol. The first kappa shape index (κ1) is 32.7.